The number of ether oxygens (including phenoxy) is 1. The topological polar surface area (TPSA) is 114 Å². The molecule has 1 aliphatic carbocycles. The lowest BCUT2D eigenvalue weighted by Crippen LogP contribution is -2.60. The molecule has 1 saturated carbocycles. The maximum atomic E-state index is 13.7. The molecule has 1 heterocycles. The summed E-state index contributed by atoms with van der Waals surface area (Å²) in [6.45, 7) is 10.3. The maximum Gasteiger partial charge on any atom is 0.408 e. The van der Waals surface area contributed by atoms with Gasteiger partial charge in [0.05, 0.1) is 6.10 Å². The minimum atomic E-state index is -0.836. The fourth-order valence-electron chi connectivity index (χ4n) is 4.63. The Morgan fingerprint density at radius 1 is 1.19 bits per heavy atom. The second-order valence-corrected chi connectivity index (χ2v) is 11.7. The summed E-state index contributed by atoms with van der Waals surface area (Å²) in [5.74, 6) is 0.846. The monoisotopic (exact) mass is 470 g/mol. The van der Waals surface area contributed by atoms with Gasteiger partial charge in [0.15, 0.2) is 0 Å². The third-order valence-corrected chi connectivity index (χ3v) is 7.54. The minimum absolute atomic E-state index is 0.152. The highest BCUT2D eigenvalue weighted by atomic mass is 32.2. The average molecular weight is 471 g/mol. The molecule has 32 heavy (non-hydrogen) atoms. The summed E-state index contributed by atoms with van der Waals surface area (Å²) in [6, 6.07) is -1.72. The Morgan fingerprint density at radius 2 is 1.84 bits per heavy atom. The van der Waals surface area contributed by atoms with Crippen molar-refractivity contribution in [1.29, 1.82) is 0 Å². The van der Waals surface area contributed by atoms with Gasteiger partial charge in [-0.1, -0.05) is 26.2 Å². The Morgan fingerprint density at radius 3 is 2.44 bits per heavy atom. The van der Waals surface area contributed by atoms with Gasteiger partial charge in [0, 0.05) is 23.9 Å². The number of likely N-dealkylation sites (tertiary alicyclic amines) is 1. The van der Waals surface area contributed by atoms with Crippen molar-refractivity contribution in [2.24, 2.45) is 11.7 Å². The van der Waals surface area contributed by atoms with Gasteiger partial charge >= 0.3 is 6.09 Å². The Bertz CT molecular complexity index is 652. The van der Waals surface area contributed by atoms with Crippen LogP contribution in [0.2, 0.25) is 0 Å². The number of rotatable bonds is 9. The molecule has 2 aliphatic rings. The fourth-order valence-corrected chi connectivity index (χ4v) is 5.71. The van der Waals surface area contributed by atoms with Crippen molar-refractivity contribution in [1.82, 2.24) is 15.5 Å². The second kappa shape index (κ2) is 12.1. The molecule has 2 rings (SSSR count). The van der Waals surface area contributed by atoms with Gasteiger partial charge in [-0.05, 0) is 58.6 Å². The van der Waals surface area contributed by atoms with Crippen molar-refractivity contribution in [3.63, 3.8) is 0 Å². The lowest BCUT2D eigenvalue weighted by molar-refractivity contribution is -0.140. The third kappa shape index (κ3) is 7.54. The summed E-state index contributed by atoms with van der Waals surface area (Å²) < 4.78 is 4.65. The van der Waals surface area contributed by atoms with Crippen LogP contribution < -0.4 is 16.4 Å². The summed E-state index contributed by atoms with van der Waals surface area (Å²) in [4.78, 5) is 40.6. The summed E-state index contributed by atoms with van der Waals surface area (Å²) in [6.07, 6.45) is 5.46. The Balaban J connectivity index is 2.13. The van der Waals surface area contributed by atoms with E-state index in [2.05, 4.69) is 10.6 Å². The van der Waals surface area contributed by atoms with Crippen LogP contribution in [0.1, 0.15) is 73.1 Å². The van der Waals surface area contributed by atoms with Crippen molar-refractivity contribution in [3.05, 3.63) is 0 Å². The van der Waals surface area contributed by atoms with E-state index in [1.807, 2.05) is 20.8 Å². The van der Waals surface area contributed by atoms with Crippen LogP contribution in [0.15, 0.2) is 0 Å². The van der Waals surface area contributed by atoms with Gasteiger partial charge in [0.25, 0.3) is 0 Å². The van der Waals surface area contributed by atoms with E-state index in [9.17, 15) is 14.4 Å². The minimum Gasteiger partial charge on any atom is -0.447 e. The molecular formula is C23H42N4O4S. The molecule has 0 spiro atoms. The standard InChI is InChI=1S/C23H42N4O4S/c1-6-32-23(4,5)19(26-22(30)31-15(2)3)21(29)27-14-17(24)12-18(27)20(28)25-13-16-10-8-7-9-11-16/h15-19H,6-14,24H2,1-5H3,(H,25,28)(H,26,30)/t17-,18+,19+/m1/s1. The number of carbonyl (C=O) groups excluding carboxylic acids is 3. The Hall–Kier alpha value is -1.48. The maximum absolute atomic E-state index is 13.7. The Labute approximate surface area is 197 Å². The van der Waals surface area contributed by atoms with Crippen molar-refractivity contribution >= 4 is 29.7 Å². The van der Waals surface area contributed by atoms with E-state index in [0.717, 1.165) is 18.6 Å². The van der Waals surface area contributed by atoms with Crippen LogP contribution in [-0.4, -0.2) is 70.6 Å². The molecule has 2 fully saturated rings. The fraction of sp³-hybridized carbons (Fsp3) is 0.870. The first-order valence-electron chi connectivity index (χ1n) is 12.0. The molecule has 184 valence electrons. The number of nitrogens with zero attached hydrogens (tertiary/aromatic N) is 1. The largest absolute Gasteiger partial charge is 0.447 e. The first kappa shape index (κ1) is 26.8. The molecule has 0 aromatic carbocycles. The highest BCUT2D eigenvalue weighted by molar-refractivity contribution is 8.00. The summed E-state index contributed by atoms with van der Waals surface area (Å²) >= 11 is 1.58. The van der Waals surface area contributed by atoms with E-state index in [1.165, 1.54) is 19.3 Å². The SMILES string of the molecule is CCSC(C)(C)[C@@H](NC(=O)OC(C)C)C(=O)N1C[C@H](N)C[C@H]1C(=O)NCC1CCCCC1. The van der Waals surface area contributed by atoms with Crippen LogP contribution in [0.25, 0.3) is 0 Å². The molecule has 3 atom stereocenters. The summed E-state index contributed by atoms with van der Waals surface area (Å²) in [5.41, 5.74) is 6.17. The van der Waals surface area contributed by atoms with Crippen LogP contribution in [0.4, 0.5) is 4.79 Å². The van der Waals surface area contributed by atoms with E-state index < -0.39 is 22.9 Å². The lowest BCUT2D eigenvalue weighted by atomic mass is 9.89. The first-order chi connectivity index (χ1) is 15.0. The third-order valence-electron chi connectivity index (χ3n) is 6.27. The smallest absolute Gasteiger partial charge is 0.408 e. The molecule has 8 nitrogen and oxygen atoms in total. The van der Waals surface area contributed by atoms with Gasteiger partial charge < -0.3 is 26.0 Å². The van der Waals surface area contributed by atoms with E-state index >= 15 is 0 Å². The number of carbonyl (C=O) groups is 3. The molecule has 0 unspecified atom stereocenters. The quantitative estimate of drug-likeness (QED) is 0.477. The normalized spacial score (nSPS) is 23.2. The van der Waals surface area contributed by atoms with Crippen molar-refractivity contribution in [3.8, 4) is 0 Å². The van der Waals surface area contributed by atoms with Crippen LogP contribution in [0, 0.1) is 5.92 Å². The number of hydrogen-bond donors (Lipinski definition) is 3. The van der Waals surface area contributed by atoms with Crippen LogP contribution >= 0.6 is 11.8 Å². The molecule has 1 saturated heterocycles. The molecule has 0 bridgehead atoms. The zero-order valence-corrected chi connectivity index (χ0v) is 21.1. The molecule has 4 N–H and O–H groups in total. The first-order valence-corrected chi connectivity index (χ1v) is 13.0. The van der Waals surface area contributed by atoms with Gasteiger partial charge in [-0.3, -0.25) is 9.59 Å². The summed E-state index contributed by atoms with van der Waals surface area (Å²) in [5, 5.41) is 5.83. The van der Waals surface area contributed by atoms with E-state index in [1.54, 1.807) is 30.5 Å². The predicted octanol–water partition coefficient (Wildman–Crippen LogP) is 2.65. The average Bonchev–Trinajstić information content (AvgIpc) is 3.11. The number of amides is 3. The van der Waals surface area contributed by atoms with Gasteiger partial charge in [0.1, 0.15) is 12.1 Å². The number of nitrogens with two attached hydrogens (primary N) is 1. The van der Waals surface area contributed by atoms with Gasteiger partial charge in [0.2, 0.25) is 11.8 Å². The van der Waals surface area contributed by atoms with Gasteiger partial charge in [-0.2, -0.15) is 11.8 Å². The number of hydrogen-bond acceptors (Lipinski definition) is 6. The van der Waals surface area contributed by atoms with Crippen molar-refractivity contribution in [2.45, 2.75) is 102 Å². The van der Waals surface area contributed by atoms with Crippen LogP contribution in [0.5, 0.6) is 0 Å². The van der Waals surface area contributed by atoms with Gasteiger partial charge in [-0.25, -0.2) is 4.79 Å². The Kier molecular flexibility index (Phi) is 10.1. The zero-order valence-electron chi connectivity index (χ0n) is 20.3. The zero-order chi connectivity index (χ0) is 23.9. The van der Waals surface area contributed by atoms with Crippen LogP contribution in [0.3, 0.4) is 0 Å². The van der Waals surface area contributed by atoms with Crippen molar-refractivity contribution in [2.75, 3.05) is 18.8 Å². The number of nitrogens with one attached hydrogen (secondary N) is 2. The molecule has 0 aromatic rings. The van der Waals surface area contributed by atoms with E-state index in [0.29, 0.717) is 25.4 Å². The molecule has 0 aromatic heterocycles. The second-order valence-electron chi connectivity index (χ2n) is 9.82. The molecular weight excluding hydrogens is 428 g/mol. The van der Waals surface area contributed by atoms with E-state index in [-0.39, 0.29) is 24.0 Å². The van der Waals surface area contributed by atoms with Gasteiger partial charge in [-0.15, -0.1) is 0 Å². The number of alkyl carbamates (subject to hydrolysis) is 1. The van der Waals surface area contributed by atoms with Crippen LogP contribution in [-0.2, 0) is 14.3 Å². The molecule has 0 radical (unpaired) electrons. The lowest BCUT2D eigenvalue weighted by Gasteiger charge is -2.37. The molecule has 3 amide bonds. The highest BCUT2D eigenvalue weighted by Gasteiger charge is 2.45. The molecule has 1 aliphatic heterocycles. The summed E-state index contributed by atoms with van der Waals surface area (Å²) in [7, 11) is 0. The van der Waals surface area contributed by atoms with E-state index in [4.69, 9.17) is 10.5 Å². The molecule has 9 heteroatoms. The number of thioether (sulfide) groups is 1. The van der Waals surface area contributed by atoms with Crippen molar-refractivity contribution < 1.29 is 19.1 Å². The predicted molar refractivity (Wildman–Crippen MR) is 128 cm³/mol. The highest BCUT2D eigenvalue weighted by Crippen LogP contribution is 2.31.